The standard InChI is InChI=1S/C19H21N3O/c1-18(2)9-14-16(15(23)10-18)19(3,12-7-5-4-6-8-12)13-11-20-22-17(13)21-14/h4-8,11H,9-10H2,1-3H3,(H2,20,21,22)/t19-/m0/s1. The minimum atomic E-state index is -0.461. The molecule has 2 heterocycles. The molecule has 4 heteroatoms. The summed E-state index contributed by atoms with van der Waals surface area (Å²) in [6.07, 6.45) is 3.30. The Morgan fingerprint density at radius 2 is 1.83 bits per heavy atom. The van der Waals surface area contributed by atoms with Gasteiger partial charge in [0.15, 0.2) is 5.78 Å². The number of nitrogens with one attached hydrogen (secondary N) is 2. The van der Waals surface area contributed by atoms with Crippen LogP contribution in [0.25, 0.3) is 0 Å². The molecule has 0 fully saturated rings. The first-order chi connectivity index (χ1) is 10.9. The van der Waals surface area contributed by atoms with Gasteiger partial charge in [-0.1, -0.05) is 44.2 Å². The molecule has 0 unspecified atom stereocenters. The van der Waals surface area contributed by atoms with Crippen molar-refractivity contribution in [2.45, 2.75) is 39.0 Å². The minimum Gasteiger partial charge on any atom is -0.343 e. The number of benzene rings is 1. The molecule has 2 aromatic rings. The third-order valence-corrected chi connectivity index (χ3v) is 5.18. The van der Waals surface area contributed by atoms with Gasteiger partial charge in [0.05, 0.1) is 11.6 Å². The number of hydrogen-bond acceptors (Lipinski definition) is 3. The smallest absolute Gasteiger partial charge is 0.162 e. The van der Waals surface area contributed by atoms with Crippen LogP contribution < -0.4 is 5.32 Å². The minimum absolute atomic E-state index is 0.0158. The summed E-state index contributed by atoms with van der Waals surface area (Å²) in [5.41, 5.74) is 3.63. The summed E-state index contributed by atoms with van der Waals surface area (Å²) in [6, 6.07) is 10.3. The van der Waals surface area contributed by atoms with Gasteiger partial charge in [0.2, 0.25) is 0 Å². The summed E-state index contributed by atoms with van der Waals surface area (Å²) >= 11 is 0. The van der Waals surface area contributed by atoms with Crippen LogP contribution in [0.2, 0.25) is 0 Å². The average Bonchev–Trinajstić information content (AvgIpc) is 2.95. The van der Waals surface area contributed by atoms with E-state index >= 15 is 0 Å². The highest BCUT2D eigenvalue weighted by molar-refractivity contribution is 6.02. The maximum Gasteiger partial charge on any atom is 0.162 e. The van der Waals surface area contributed by atoms with Crippen molar-refractivity contribution < 1.29 is 4.79 Å². The molecule has 4 nitrogen and oxygen atoms in total. The highest BCUT2D eigenvalue weighted by Crippen LogP contribution is 2.51. The van der Waals surface area contributed by atoms with Crippen LogP contribution in [0.3, 0.4) is 0 Å². The van der Waals surface area contributed by atoms with Crippen molar-refractivity contribution in [3.63, 3.8) is 0 Å². The molecule has 1 aliphatic carbocycles. The van der Waals surface area contributed by atoms with Crippen molar-refractivity contribution in [3.8, 4) is 0 Å². The van der Waals surface area contributed by atoms with Crippen LogP contribution in [0.5, 0.6) is 0 Å². The quantitative estimate of drug-likeness (QED) is 0.843. The van der Waals surface area contributed by atoms with Gasteiger partial charge < -0.3 is 5.32 Å². The van der Waals surface area contributed by atoms with Crippen molar-refractivity contribution in [1.82, 2.24) is 10.2 Å². The second-order valence-electron chi connectivity index (χ2n) is 7.57. The van der Waals surface area contributed by atoms with E-state index in [0.717, 1.165) is 34.6 Å². The van der Waals surface area contributed by atoms with E-state index in [9.17, 15) is 4.79 Å². The molecule has 1 atom stereocenters. The summed E-state index contributed by atoms with van der Waals surface area (Å²) in [6.45, 7) is 6.44. The summed E-state index contributed by atoms with van der Waals surface area (Å²) in [5.74, 6) is 1.14. The molecule has 0 saturated heterocycles. The number of carbonyl (C=O) groups is 1. The lowest BCUT2D eigenvalue weighted by Crippen LogP contribution is -2.41. The van der Waals surface area contributed by atoms with E-state index in [-0.39, 0.29) is 11.2 Å². The summed E-state index contributed by atoms with van der Waals surface area (Å²) < 4.78 is 0. The van der Waals surface area contributed by atoms with Gasteiger partial charge in [0, 0.05) is 23.3 Å². The molecule has 2 N–H and O–H groups in total. The van der Waals surface area contributed by atoms with Crippen LogP contribution in [0.15, 0.2) is 47.8 Å². The molecule has 2 aliphatic rings. The van der Waals surface area contributed by atoms with E-state index in [1.807, 2.05) is 24.4 Å². The zero-order chi connectivity index (χ0) is 16.2. The first-order valence-electron chi connectivity index (χ1n) is 8.05. The Balaban J connectivity index is 1.99. The zero-order valence-electron chi connectivity index (χ0n) is 13.7. The van der Waals surface area contributed by atoms with Crippen LogP contribution in [0.4, 0.5) is 5.82 Å². The number of H-pyrrole nitrogens is 1. The van der Waals surface area contributed by atoms with Crippen molar-refractivity contribution in [1.29, 1.82) is 0 Å². The number of aromatic amines is 1. The van der Waals surface area contributed by atoms with Gasteiger partial charge in [-0.25, -0.2) is 0 Å². The molecule has 4 rings (SSSR count). The predicted molar refractivity (Wildman–Crippen MR) is 90.2 cm³/mol. The first kappa shape index (κ1) is 14.2. The highest BCUT2D eigenvalue weighted by Gasteiger charge is 2.48. The lowest BCUT2D eigenvalue weighted by Gasteiger charge is -2.43. The Morgan fingerprint density at radius 3 is 2.57 bits per heavy atom. The number of allylic oxidation sites excluding steroid dienone is 2. The first-order valence-corrected chi connectivity index (χ1v) is 8.05. The zero-order valence-corrected chi connectivity index (χ0v) is 13.7. The maximum atomic E-state index is 13.0. The lowest BCUT2D eigenvalue weighted by molar-refractivity contribution is -0.118. The van der Waals surface area contributed by atoms with Crippen molar-refractivity contribution in [3.05, 3.63) is 58.9 Å². The number of fused-ring (bicyclic) bond motifs is 1. The molecule has 1 aromatic carbocycles. The SMILES string of the molecule is CC1(C)CC(=O)C2=C(C1)Nc1[nH]ncc1[C@]2(C)c1ccccc1. The molecule has 0 amide bonds. The maximum absolute atomic E-state index is 13.0. The summed E-state index contributed by atoms with van der Waals surface area (Å²) in [7, 11) is 0. The number of aromatic nitrogens is 2. The van der Waals surface area contributed by atoms with Crippen LogP contribution in [0.1, 0.15) is 44.7 Å². The van der Waals surface area contributed by atoms with E-state index < -0.39 is 5.41 Å². The van der Waals surface area contributed by atoms with Gasteiger partial charge in [-0.3, -0.25) is 9.89 Å². The number of anilines is 1. The molecule has 23 heavy (non-hydrogen) atoms. The van der Waals surface area contributed by atoms with Crippen molar-refractivity contribution >= 4 is 11.6 Å². The van der Waals surface area contributed by atoms with Gasteiger partial charge in [-0.05, 0) is 24.3 Å². The fourth-order valence-electron chi connectivity index (χ4n) is 4.13. The fourth-order valence-corrected chi connectivity index (χ4v) is 4.13. The van der Waals surface area contributed by atoms with E-state index in [0.29, 0.717) is 6.42 Å². The van der Waals surface area contributed by atoms with E-state index in [2.05, 4.69) is 48.4 Å². The molecule has 118 valence electrons. The normalized spacial score (nSPS) is 25.6. The van der Waals surface area contributed by atoms with Crippen molar-refractivity contribution in [2.24, 2.45) is 5.41 Å². The monoisotopic (exact) mass is 307 g/mol. The molecule has 0 bridgehead atoms. The number of hydrogen-bond donors (Lipinski definition) is 2. The molecule has 1 aliphatic heterocycles. The van der Waals surface area contributed by atoms with Gasteiger partial charge in [0.25, 0.3) is 0 Å². The van der Waals surface area contributed by atoms with Crippen LogP contribution in [-0.2, 0) is 10.2 Å². The van der Waals surface area contributed by atoms with E-state index in [4.69, 9.17) is 0 Å². The molecule has 1 aromatic heterocycles. The lowest BCUT2D eigenvalue weighted by atomic mass is 9.62. The highest BCUT2D eigenvalue weighted by atomic mass is 16.1. The Labute approximate surface area is 136 Å². The predicted octanol–water partition coefficient (Wildman–Crippen LogP) is 3.78. The number of rotatable bonds is 1. The Hall–Kier alpha value is -2.36. The van der Waals surface area contributed by atoms with Gasteiger partial charge in [-0.2, -0.15) is 5.10 Å². The molecule has 0 spiro atoms. The van der Waals surface area contributed by atoms with Gasteiger partial charge in [-0.15, -0.1) is 0 Å². The largest absolute Gasteiger partial charge is 0.343 e. The number of carbonyl (C=O) groups excluding carboxylic acids is 1. The Bertz CT molecular complexity index is 816. The van der Waals surface area contributed by atoms with Crippen LogP contribution in [-0.4, -0.2) is 16.0 Å². The fraction of sp³-hybridized carbons (Fsp3) is 0.368. The van der Waals surface area contributed by atoms with E-state index in [1.54, 1.807) is 0 Å². The number of nitrogens with zero attached hydrogens (tertiary/aromatic N) is 1. The molecule has 0 saturated carbocycles. The van der Waals surface area contributed by atoms with Gasteiger partial charge in [0.1, 0.15) is 5.82 Å². The second kappa shape index (κ2) is 4.57. The van der Waals surface area contributed by atoms with E-state index in [1.165, 1.54) is 0 Å². The van der Waals surface area contributed by atoms with Crippen LogP contribution >= 0.6 is 0 Å². The number of ketones is 1. The molecule has 0 radical (unpaired) electrons. The third-order valence-electron chi connectivity index (χ3n) is 5.18. The second-order valence-corrected chi connectivity index (χ2v) is 7.57. The molecular formula is C19H21N3O. The third kappa shape index (κ3) is 1.97. The Kier molecular flexibility index (Phi) is 2.83. The van der Waals surface area contributed by atoms with Gasteiger partial charge >= 0.3 is 0 Å². The average molecular weight is 307 g/mol. The summed E-state index contributed by atoms with van der Waals surface area (Å²) in [4.78, 5) is 13.0. The molecular weight excluding hydrogens is 286 g/mol. The summed E-state index contributed by atoms with van der Waals surface area (Å²) in [5, 5.41) is 10.7. The number of Topliss-reactive ketones (excluding diaryl/α,β-unsaturated/α-hetero) is 1. The van der Waals surface area contributed by atoms with Crippen molar-refractivity contribution in [2.75, 3.05) is 5.32 Å². The Morgan fingerprint density at radius 1 is 1.09 bits per heavy atom. The topological polar surface area (TPSA) is 57.8 Å². The van der Waals surface area contributed by atoms with Crippen LogP contribution in [0, 0.1) is 5.41 Å².